The molecule has 1 N–H and O–H groups in total. The minimum absolute atomic E-state index is 0.168. The van der Waals surface area contributed by atoms with E-state index in [1.54, 1.807) is 20.8 Å². The number of nitrogens with one attached hydrogen (secondary N) is 1. The molecule has 28 heavy (non-hydrogen) atoms. The van der Waals surface area contributed by atoms with Crippen LogP contribution in [0.4, 0.5) is 4.79 Å². The van der Waals surface area contributed by atoms with Gasteiger partial charge in [-0.3, -0.25) is 4.18 Å². The van der Waals surface area contributed by atoms with Crippen LogP contribution in [0.5, 0.6) is 0 Å². The van der Waals surface area contributed by atoms with Gasteiger partial charge in [-0.1, -0.05) is 54.6 Å². The van der Waals surface area contributed by atoms with Crippen LogP contribution in [0.3, 0.4) is 0 Å². The van der Waals surface area contributed by atoms with Crippen LogP contribution >= 0.6 is 0 Å². The number of carbonyl (C=O) groups is 1. The SMILES string of the molecule is CC(C)(C)OC(=O)N[C@H](COS(C)(=O)=O)Cc1ccc(-c2ccccc2)cc1. The Bertz CT molecular complexity index is 871. The Labute approximate surface area is 167 Å². The molecular formula is C21H27NO5S. The summed E-state index contributed by atoms with van der Waals surface area (Å²) >= 11 is 0. The summed E-state index contributed by atoms with van der Waals surface area (Å²) in [5, 5.41) is 2.69. The maximum Gasteiger partial charge on any atom is 0.407 e. The molecule has 2 rings (SSSR count). The van der Waals surface area contributed by atoms with Crippen LogP contribution in [0, 0.1) is 0 Å². The van der Waals surface area contributed by atoms with Crippen LogP contribution in [0.25, 0.3) is 11.1 Å². The van der Waals surface area contributed by atoms with E-state index in [4.69, 9.17) is 8.92 Å². The number of alkyl carbamates (subject to hydrolysis) is 1. The first-order chi connectivity index (χ1) is 13.0. The molecule has 0 aliphatic heterocycles. The molecule has 0 saturated carbocycles. The molecule has 0 unspecified atom stereocenters. The summed E-state index contributed by atoms with van der Waals surface area (Å²) in [5.41, 5.74) is 2.48. The Hall–Kier alpha value is -2.38. The Balaban J connectivity index is 2.08. The lowest BCUT2D eigenvalue weighted by atomic mass is 10.0. The van der Waals surface area contributed by atoms with Gasteiger partial charge in [0.05, 0.1) is 18.9 Å². The third kappa shape index (κ3) is 8.10. The van der Waals surface area contributed by atoms with E-state index in [0.29, 0.717) is 6.42 Å². The van der Waals surface area contributed by atoms with Crippen LogP contribution in [-0.4, -0.2) is 39.0 Å². The van der Waals surface area contributed by atoms with Crippen molar-refractivity contribution >= 4 is 16.2 Å². The standard InChI is InChI=1S/C21H27NO5S/c1-21(2,3)27-20(23)22-19(15-26-28(4,24)25)14-16-10-12-18(13-11-16)17-8-6-5-7-9-17/h5-13,19H,14-15H2,1-4H3,(H,22,23)/t19-/m0/s1. The summed E-state index contributed by atoms with van der Waals surface area (Å²) in [6.45, 7) is 5.11. The molecule has 0 saturated heterocycles. The van der Waals surface area contributed by atoms with E-state index >= 15 is 0 Å². The third-order valence-corrected chi connectivity index (χ3v) is 4.31. The fourth-order valence-electron chi connectivity index (χ4n) is 2.58. The van der Waals surface area contributed by atoms with E-state index in [2.05, 4.69) is 5.32 Å². The molecule has 0 heterocycles. The molecular weight excluding hydrogens is 378 g/mol. The number of hydrogen-bond donors (Lipinski definition) is 1. The van der Waals surface area contributed by atoms with Gasteiger partial charge in [-0.05, 0) is 43.9 Å². The molecule has 1 atom stereocenters. The predicted octanol–water partition coefficient (Wildman–Crippen LogP) is 3.77. The first-order valence-electron chi connectivity index (χ1n) is 9.00. The van der Waals surface area contributed by atoms with Crippen molar-refractivity contribution in [3.8, 4) is 11.1 Å². The lowest BCUT2D eigenvalue weighted by molar-refractivity contribution is 0.0488. The average molecular weight is 406 g/mol. The highest BCUT2D eigenvalue weighted by atomic mass is 32.2. The largest absolute Gasteiger partial charge is 0.444 e. The summed E-state index contributed by atoms with van der Waals surface area (Å²) in [4.78, 5) is 12.1. The first kappa shape index (κ1) is 21.9. The zero-order chi connectivity index (χ0) is 20.8. The van der Waals surface area contributed by atoms with E-state index < -0.39 is 27.9 Å². The quantitative estimate of drug-likeness (QED) is 0.709. The Morgan fingerprint density at radius 1 is 1.00 bits per heavy atom. The van der Waals surface area contributed by atoms with Crippen LogP contribution in [-0.2, 0) is 25.5 Å². The van der Waals surface area contributed by atoms with Gasteiger partial charge in [-0.2, -0.15) is 8.42 Å². The highest BCUT2D eigenvalue weighted by Crippen LogP contribution is 2.20. The van der Waals surface area contributed by atoms with Gasteiger partial charge in [0.1, 0.15) is 5.60 Å². The van der Waals surface area contributed by atoms with Crippen molar-refractivity contribution in [2.75, 3.05) is 12.9 Å². The van der Waals surface area contributed by atoms with Crippen molar-refractivity contribution in [1.29, 1.82) is 0 Å². The van der Waals surface area contributed by atoms with E-state index in [9.17, 15) is 13.2 Å². The van der Waals surface area contributed by atoms with Gasteiger partial charge in [0.2, 0.25) is 0 Å². The highest BCUT2D eigenvalue weighted by molar-refractivity contribution is 7.85. The van der Waals surface area contributed by atoms with Crippen molar-refractivity contribution in [2.24, 2.45) is 0 Å². The van der Waals surface area contributed by atoms with E-state index in [0.717, 1.165) is 22.9 Å². The Morgan fingerprint density at radius 3 is 2.11 bits per heavy atom. The van der Waals surface area contributed by atoms with Crippen molar-refractivity contribution in [3.05, 3.63) is 60.2 Å². The lowest BCUT2D eigenvalue weighted by Gasteiger charge is -2.23. The molecule has 0 aliphatic rings. The van der Waals surface area contributed by atoms with Gasteiger partial charge in [-0.25, -0.2) is 4.79 Å². The molecule has 152 valence electrons. The fraction of sp³-hybridized carbons (Fsp3) is 0.381. The average Bonchev–Trinajstić information content (AvgIpc) is 2.59. The zero-order valence-electron chi connectivity index (χ0n) is 16.6. The van der Waals surface area contributed by atoms with Gasteiger partial charge in [-0.15, -0.1) is 0 Å². The maximum atomic E-state index is 12.1. The zero-order valence-corrected chi connectivity index (χ0v) is 17.5. The molecule has 0 fully saturated rings. The summed E-state index contributed by atoms with van der Waals surface area (Å²) < 4.78 is 32.8. The fourth-order valence-corrected chi connectivity index (χ4v) is 2.99. The van der Waals surface area contributed by atoms with Gasteiger partial charge in [0.15, 0.2) is 0 Å². The van der Waals surface area contributed by atoms with E-state index in [1.807, 2.05) is 54.6 Å². The van der Waals surface area contributed by atoms with Crippen molar-refractivity contribution in [1.82, 2.24) is 5.32 Å². The number of rotatable bonds is 7. The minimum Gasteiger partial charge on any atom is -0.444 e. The van der Waals surface area contributed by atoms with E-state index in [1.165, 1.54) is 0 Å². The van der Waals surface area contributed by atoms with Gasteiger partial charge in [0, 0.05) is 0 Å². The molecule has 0 bridgehead atoms. The molecule has 0 spiro atoms. The molecule has 2 aromatic carbocycles. The van der Waals surface area contributed by atoms with Crippen LogP contribution in [0.15, 0.2) is 54.6 Å². The molecule has 6 nitrogen and oxygen atoms in total. The third-order valence-electron chi connectivity index (χ3n) is 3.75. The van der Waals surface area contributed by atoms with Gasteiger partial charge < -0.3 is 10.1 Å². The number of benzene rings is 2. The monoisotopic (exact) mass is 405 g/mol. The van der Waals surface area contributed by atoms with Crippen LogP contribution in [0.2, 0.25) is 0 Å². The van der Waals surface area contributed by atoms with Crippen LogP contribution < -0.4 is 5.32 Å². The second-order valence-corrected chi connectivity index (χ2v) is 9.24. The molecule has 7 heteroatoms. The number of ether oxygens (including phenoxy) is 1. The number of carbonyl (C=O) groups excluding carboxylic acids is 1. The Kier molecular flexibility index (Phi) is 7.21. The molecule has 0 aliphatic carbocycles. The van der Waals surface area contributed by atoms with Crippen molar-refractivity contribution < 1.29 is 22.1 Å². The molecule has 2 aromatic rings. The van der Waals surface area contributed by atoms with Gasteiger partial charge in [0.25, 0.3) is 10.1 Å². The van der Waals surface area contributed by atoms with Gasteiger partial charge >= 0.3 is 6.09 Å². The summed E-state index contributed by atoms with van der Waals surface area (Å²) in [6.07, 6.45) is 0.770. The van der Waals surface area contributed by atoms with Crippen molar-refractivity contribution in [2.45, 2.75) is 38.8 Å². The normalized spacial score (nSPS) is 13.0. The second-order valence-electron chi connectivity index (χ2n) is 7.60. The summed E-state index contributed by atoms with van der Waals surface area (Å²) in [5.74, 6) is 0. The highest BCUT2D eigenvalue weighted by Gasteiger charge is 2.21. The summed E-state index contributed by atoms with van der Waals surface area (Å²) in [6, 6.07) is 17.3. The lowest BCUT2D eigenvalue weighted by Crippen LogP contribution is -2.43. The minimum atomic E-state index is -3.62. The summed E-state index contributed by atoms with van der Waals surface area (Å²) in [7, 11) is -3.62. The predicted molar refractivity (Wildman–Crippen MR) is 110 cm³/mol. The molecule has 0 aromatic heterocycles. The topological polar surface area (TPSA) is 81.7 Å². The van der Waals surface area contributed by atoms with Crippen LogP contribution in [0.1, 0.15) is 26.3 Å². The first-order valence-corrected chi connectivity index (χ1v) is 10.8. The van der Waals surface area contributed by atoms with E-state index in [-0.39, 0.29) is 6.61 Å². The van der Waals surface area contributed by atoms with Crippen molar-refractivity contribution in [3.63, 3.8) is 0 Å². The molecule has 1 amide bonds. The maximum absolute atomic E-state index is 12.1. The Morgan fingerprint density at radius 2 is 1.57 bits per heavy atom. The smallest absolute Gasteiger partial charge is 0.407 e. The second kappa shape index (κ2) is 9.21. The number of hydrogen-bond acceptors (Lipinski definition) is 5. The number of amides is 1. The molecule has 0 radical (unpaired) electrons.